The van der Waals surface area contributed by atoms with Gasteiger partial charge in [0.1, 0.15) is 18.5 Å². The maximum atomic E-state index is 12.4. The molecule has 3 N–H and O–H groups in total. The average molecular weight is 441 g/mol. The fourth-order valence-corrected chi connectivity index (χ4v) is 3.02. The molecule has 2 aromatic rings. The van der Waals surface area contributed by atoms with Crippen LogP contribution in [0.2, 0.25) is 0 Å². The van der Waals surface area contributed by atoms with E-state index in [1.165, 1.54) is 0 Å². The summed E-state index contributed by atoms with van der Waals surface area (Å²) in [6.45, 7) is 1.93. The lowest BCUT2D eigenvalue weighted by Gasteiger charge is -2.24. The summed E-state index contributed by atoms with van der Waals surface area (Å²) in [6, 6.07) is 15.2. The van der Waals surface area contributed by atoms with Gasteiger partial charge in [0.25, 0.3) is 5.91 Å². The third-order valence-electron chi connectivity index (χ3n) is 4.62. The highest BCUT2D eigenvalue weighted by atomic mass is 16.6. The molecule has 0 radical (unpaired) electrons. The molecular formula is C24H27NO7. The van der Waals surface area contributed by atoms with Crippen LogP contribution in [0.5, 0.6) is 5.75 Å². The van der Waals surface area contributed by atoms with Gasteiger partial charge in [0.15, 0.2) is 0 Å². The van der Waals surface area contributed by atoms with Crippen LogP contribution in [-0.2, 0) is 9.53 Å². The average Bonchev–Trinajstić information content (AvgIpc) is 2.79. The van der Waals surface area contributed by atoms with Crippen molar-refractivity contribution >= 4 is 18.0 Å². The van der Waals surface area contributed by atoms with Crippen LogP contribution in [0.15, 0.2) is 66.7 Å². The number of carboxylic acid groups (broad SMARTS) is 1. The second-order valence-electron chi connectivity index (χ2n) is 7.08. The molecule has 0 aliphatic heterocycles. The molecule has 2 rings (SSSR count). The van der Waals surface area contributed by atoms with Crippen LogP contribution in [0.25, 0.3) is 0 Å². The van der Waals surface area contributed by atoms with Crippen molar-refractivity contribution in [3.63, 3.8) is 0 Å². The lowest BCUT2D eigenvalue weighted by molar-refractivity contribution is -0.131. The molecular weight excluding hydrogens is 414 g/mol. The van der Waals surface area contributed by atoms with E-state index in [9.17, 15) is 14.4 Å². The maximum absolute atomic E-state index is 12.4. The zero-order valence-corrected chi connectivity index (χ0v) is 17.8. The number of rotatable bonds is 11. The van der Waals surface area contributed by atoms with Gasteiger partial charge in [-0.25, -0.2) is 9.59 Å². The summed E-state index contributed by atoms with van der Waals surface area (Å²) in [7, 11) is 0. The van der Waals surface area contributed by atoms with Crippen molar-refractivity contribution in [2.75, 3.05) is 13.2 Å². The Bertz CT molecular complexity index is 910. The second kappa shape index (κ2) is 12.9. The number of aliphatic hydroxyl groups is 1. The fourth-order valence-electron chi connectivity index (χ4n) is 3.02. The SMILES string of the molecule is C[C@@H](CC/C=C/C(=O)O)[C@H](OC(=O)NC(=O)c1ccccc1)c1ccc(OCCO)cc1. The summed E-state index contributed by atoms with van der Waals surface area (Å²) in [6.07, 6.45) is 2.09. The van der Waals surface area contributed by atoms with E-state index in [-0.39, 0.29) is 19.1 Å². The summed E-state index contributed by atoms with van der Waals surface area (Å²) in [5, 5.41) is 19.8. The minimum Gasteiger partial charge on any atom is -0.491 e. The Morgan fingerprint density at radius 2 is 1.75 bits per heavy atom. The van der Waals surface area contributed by atoms with Crippen molar-refractivity contribution in [1.82, 2.24) is 5.32 Å². The van der Waals surface area contributed by atoms with Crippen LogP contribution in [0.3, 0.4) is 0 Å². The highest BCUT2D eigenvalue weighted by Gasteiger charge is 2.24. The maximum Gasteiger partial charge on any atom is 0.414 e. The molecule has 8 heteroatoms. The van der Waals surface area contributed by atoms with Crippen molar-refractivity contribution < 1.29 is 34.1 Å². The number of amides is 2. The van der Waals surface area contributed by atoms with Gasteiger partial charge >= 0.3 is 12.1 Å². The van der Waals surface area contributed by atoms with Crippen molar-refractivity contribution in [3.8, 4) is 5.75 Å². The number of carbonyl (C=O) groups excluding carboxylic acids is 2. The Labute approximate surface area is 186 Å². The number of nitrogens with one attached hydrogen (secondary N) is 1. The third kappa shape index (κ3) is 8.23. The van der Waals surface area contributed by atoms with Crippen molar-refractivity contribution in [1.29, 1.82) is 0 Å². The molecule has 0 spiro atoms. The highest BCUT2D eigenvalue weighted by molar-refractivity contribution is 6.02. The van der Waals surface area contributed by atoms with E-state index < -0.39 is 24.1 Å². The Morgan fingerprint density at radius 3 is 2.38 bits per heavy atom. The number of carbonyl (C=O) groups is 3. The number of alkyl carbamates (subject to hydrolysis) is 1. The molecule has 0 bridgehead atoms. The normalized spacial score (nSPS) is 12.7. The number of aliphatic hydroxyl groups excluding tert-OH is 1. The van der Waals surface area contributed by atoms with Crippen molar-refractivity contribution in [2.45, 2.75) is 25.9 Å². The topological polar surface area (TPSA) is 122 Å². The summed E-state index contributed by atoms with van der Waals surface area (Å²) < 4.78 is 11.0. The number of allylic oxidation sites excluding steroid dienone is 1. The summed E-state index contributed by atoms with van der Waals surface area (Å²) in [5.74, 6) is -1.21. The van der Waals surface area contributed by atoms with E-state index in [1.54, 1.807) is 60.7 Å². The van der Waals surface area contributed by atoms with Crippen molar-refractivity contribution in [3.05, 3.63) is 77.9 Å². The van der Waals surface area contributed by atoms with Gasteiger partial charge in [0, 0.05) is 11.6 Å². The molecule has 32 heavy (non-hydrogen) atoms. The largest absolute Gasteiger partial charge is 0.491 e. The predicted octanol–water partition coefficient (Wildman–Crippen LogP) is 3.72. The molecule has 0 saturated carbocycles. The molecule has 0 unspecified atom stereocenters. The predicted molar refractivity (Wildman–Crippen MR) is 117 cm³/mol. The van der Waals surface area contributed by atoms with Gasteiger partial charge in [0.05, 0.1) is 6.61 Å². The Hall–Kier alpha value is -3.65. The fraction of sp³-hybridized carbons (Fsp3) is 0.292. The van der Waals surface area contributed by atoms with E-state index >= 15 is 0 Å². The van der Waals surface area contributed by atoms with E-state index in [4.69, 9.17) is 19.7 Å². The highest BCUT2D eigenvalue weighted by Crippen LogP contribution is 2.31. The molecule has 2 aromatic carbocycles. The second-order valence-corrected chi connectivity index (χ2v) is 7.08. The zero-order chi connectivity index (χ0) is 23.3. The first-order valence-electron chi connectivity index (χ1n) is 10.2. The smallest absolute Gasteiger partial charge is 0.414 e. The number of aliphatic carboxylic acids is 1. The molecule has 0 aliphatic carbocycles. The van der Waals surface area contributed by atoms with Gasteiger partial charge in [-0.15, -0.1) is 0 Å². The standard InChI is InChI=1S/C24H27NO7/c1-17(7-5-6-10-21(27)28)22(18-11-13-20(14-12-18)31-16-15-26)32-24(30)25-23(29)19-8-3-2-4-9-19/h2-4,6,8-14,17,22,26H,5,7,15-16H2,1H3,(H,27,28)(H,25,29,30)/b10-6+/t17-,22-/m0/s1. The van der Waals surface area contributed by atoms with Crippen LogP contribution in [0.1, 0.15) is 41.8 Å². The first-order chi connectivity index (χ1) is 15.4. The zero-order valence-electron chi connectivity index (χ0n) is 17.8. The van der Waals surface area contributed by atoms with Gasteiger partial charge < -0.3 is 19.7 Å². The number of carboxylic acids is 1. The number of imide groups is 1. The molecule has 0 aliphatic rings. The minimum absolute atomic E-state index is 0.107. The van der Waals surface area contributed by atoms with E-state index in [1.807, 2.05) is 6.92 Å². The number of hydrogen-bond acceptors (Lipinski definition) is 6. The van der Waals surface area contributed by atoms with Crippen molar-refractivity contribution in [2.24, 2.45) is 5.92 Å². The summed E-state index contributed by atoms with van der Waals surface area (Å²) in [5.41, 5.74) is 1.02. The molecule has 0 heterocycles. The van der Waals surface area contributed by atoms with Crippen LogP contribution < -0.4 is 10.1 Å². The Kier molecular flexibility index (Phi) is 9.93. The molecule has 0 saturated heterocycles. The first kappa shape index (κ1) is 24.6. The molecule has 170 valence electrons. The number of ether oxygens (including phenoxy) is 2. The molecule has 0 fully saturated rings. The third-order valence-corrected chi connectivity index (χ3v) is 4.62. The quantitative estimate of drug-likeness (QED) is 0.454. The summed E-state index contributed by atoms with van der Waals surface area (Å²) in [4.78, 5) is 35.3. The molecule has 2 atom stereocenters. The lowest BCUT2D eigenvalue weighted by atomic mass is 9.93. The van der Waals surface area contributed by atoms with Crippen LogP contribution in [0.4, 0.5) is 4.79 Å². The van der Waals surface area contributed by atoms with Crippen LogP contribution >= 0.6 is 0 Å². The van der Waals surface area contributed by atoms with Crippen LogP contribution in [-0.4, -0.2) is 41.4 Å². The Balaban J connectivity index is 2.10. The van der Waals surface area contributed by atoms with E-state index in [0.717, 1.165) is 6.08 Å². The van der Waals surface area contributed by atoms with Gasteiger partial charge in [0.2, 0.25) is 0 Å². The Morgan fingerprint density at radius 1 is 1.06 bits per heavy atom. The molecule has 0 aromatic heterocycles. The van der Waals surface area contributed by atoms with Gasteiger partial charge in [-0.3, -0.25) is 10.1 Å². The summed E-state index contributed by atoms with van der Waals surface area (Å²) >= 11 is 0. The van der Waals surface area contributed by atoms with Gasteiger partial charge in [-0.05, 0) is 48.6 Å². The van der Waals surface area contributed by atoms with Gasteiger partial charge in [-0.2, -0.15) is 0 Å². The molecule has 8 nitrogen and oxygen atoms in total. The van der Waals surface area contributed by atoms with Gasteiger partial charge in [-0.1, -0.05) is 43.3 Å². The van der Waals surface area contributed by atoms with E-state index in [2.05, 4.69) is 5.32 Å². The lowest BCUT2D eigenvalue weighted by Crippen LogP contribution is -2.33. The number of hydrogen-bond donors (Lipinski definition) is 3. The molecule has 2 amide bonds. The minimum atomic E-state index is -1.03. The first-order valence-corrected chi connectivity index (χ1v) is 10.2. The van der Waals surface area contributed by atoms with Crippen LogP contribution in [0, 0.1) is 5.92 Å². The monoisotopic (exact) mass is 441 g/mol. The van der Waals surface area contributed by atoms with E-state index in [0.29, 0.717) is 29.7 Å². The number of benzene rings is 2.